The monoisotopic (exact) mass is 758 g/mol. The Hall–Kier alpha value is -5.98. The quantitative estimate of drug-likeness (QED) is 0.0591. The molecule has 4 amide bonds. The van der Waals surface area contributed by atoms with Crippen molar-refractivity contribution < 1.29 is 9.59 Å². The summed E-state index contributed by atoms with van der Waals surface area (Å²) in [6.07, 6.45) is 0. The van der Waals surface area contributed by atoms with Gasteiger partial charge in [-0.15, -0.1) is 0 Å². The van der Waals surface area contributed by atoms with E-state index in [1.54, 1.807) is 0 Å². The number of benzene rings is 5. The molecule has 12 heteroatoms. The molecule has 0 aliphatic carbocycles. The largest absolute Gasteiger partial charge is 0.334 e. The van der Waals surface area contributed by atoms with Crippen LogP contribution in [0.25, 0.3) is 0 Å². The number of nitrogens with one attached hydrogen (secondary N) is 8. The molecule has 0 aromatic heterocycles. The van der Waals surface area contributed by atoms with Gasteiger partial charge >= 0.3 is 12.1 Å². The zero-order valence-corrected chi connectivity index (χ0v) is 32.4. The highest BCUT2D eigenvalue weighted by Gasteiger charge is 2.17. The van der Waals surface area contributed by atoms with Crippen LogP contribution in [0.1, 0.15) is 61.8 Å². The first-order chi connectivity index (χ1) is 26.0. The molecule has 54 heavy (non-hydrogen) atoms. The van der Waals surface area contributed by atoms with Gasteiger partial charge in [0.15, 0.2) is 10.2 Å². The Labute approximate surface area is 327 Å². The maximum Gasteiger partial charge on any atom is 0.319 e. The fourth-order valence-corrected chi connectivity index (χ4v) is 6.27. The molecule has 0 atom stereocenters. The second kappa shape index (κ2) is 19.2. The van der Waals surface area contributed by atoms with E-state index in [2.05, 4.69) is 82.4 Å². The van der Waals surface area contributed by atoms with Crippen molar-refractivity contribution in [3.63, 3.8) is 0 Å². The molecule has 0 saturated carbocycles. The molecule has 10 nitrogen and oxygen atoms in total. The van der Waals surface area contributed by atoms with Crippen LogP contribution < -0.4 is 42.5 Å². The minimum atomic E-state index is -0.362. The molecule has 0 unspecified atom stereocenters. The Morgan fingerprint density at radius 3 is 1.15 bits per heavy atom. The van der Waals surface area contributed by atoms with Crippen LogP contribution in [0.15, 0.2) is 121 Å². The lowest BCUT2D eigenvalue weighted by Gasteiger charge is -2.22. The van der Waals surface area contributed by atoms with E-state index in [0.29, 0.717) is 33.0 Å². The van der Waals surface area contributed by atoms with Gasteiger partial charge in [-0.25, -0.2) is 9.59 Å². The molecular formula is C42H46N8O2S2. The highest BCUT2D eigenvalue weighted by Crippen LogP contribution is 2.29. The number of carbonyl (C=O) groups is 2. The van der Waals surface area contributed by atoms with Crippen LogP contribution in [0.4, 0.5) is 43.7 Å². The van der Waals surface area contributed by atoms with Gasteiger partial charge in [0.1, 0.15) is 0 Å². The summed E-state index contributed by atoms with van der Waals surface area (Å²) in [5.74, 6) is 0.421. The van der Waals surface area contributed by atoms with Crippen LogP contribution in [-0.4, -0.2) is 22.3 Å². The maximum absolute atomic E-state index is 13.2. The molecule has 0 fully saturated rings. The predicted molar refractivity (Wildman–Crippen MR) is 232 cm³/mol. The highest BCUT2D eigenvalue weighted by molar-refractivity contribution is 7.81. The molecule has 5 rings (SSSR count). The Kier molecular flexibility index (Phi) is 13.9. The maximum atomic E-state index is 13.2. The Morgan fingerprint density at radius 1 is 0.463 bits per heavy atom. The van der Waals surface area contributed by atoms with Gasteiger partial charge in [0.25, 0.3) is 0 Å². The number of amides is 4. The van der Waals surface area contributed by atoms with Gasteiger partial charge < -0.3 is 42.5 Å². The second-order valence-corrected chi connectivity index (χ2v) is 14.0. The Morgan fingerprint density at radius 2 is 0.796 bits per heavy atom. The molecular weight excluding hydrogens is 713 g/mol. The summed E-state index contributed by atoms with van der Waals surface area (Å²) in [6.45, 7) is 9.11. The van der Waals surface area contributed by atoms with E-state index in [9.17, 15) is 9.59 Å². The van der Waals surface area contributed by atoms with Crippen LogP contribution in [0.2, 0.25) is 0 Å². The smallest absolute Gasteiger partial charge is 0.319 e. The number of thiocarbonyl (C=S) groups is 2. The van der Waals surface area contributed by atoms with E-state index in [0.717, 1.165) is 33.6 Å². The third-order valence-corrected chi connectivity index (χ3v) is 8.84. The van der Waals surface area contributed by atoms with Crippen LogP contribution in [0.3, 0.4) is 0 Å². The zero-order chi connectivity index (χ0) is 38.5. The summed E-state index contributed by atoms with van der Waals surface area (Å²) in [5, 5.41) is 25.4. The van der Waals surface area contributed by atoms with Crippen LogP contribution in [0.5, 0.6) is 0 Å². The van der Waals surface area contributed by atoms with Gasteiger partial charge in [-0.2, -0.15) is 0 Å². The number of urea groups is 2. The Bertz CT molecular complexity index is 1930. The molecule has 0 radical (unpaired) electrons. The predicted octanol–water partition coefficient (Wildman–Crippen LogP) is 10.2. The first-order valence-corrected chi connectivity index (χ1v) is 18.6. The number of hydrogen-bond acceptors (Lipinski definition) is 4. The SMILES string of the molecule is CC(C)c1cc(C(C)C)c(CNC(=O)Nc2ccccc2NC(=S)Nc2ccccc2)cc1CNC(=O)Nc1ccccc1NC(=S)Nc1ccccc1. The van der Waals surface area contributed by atoms with E-state index >= 15 is 0 Å². The fourth-order valence-electron chi connectivity index (χ4n) is 5.81. The van der Waals surface area contributed by atoms with Crippen LogP contribution in [0, 0.1) is 0 Å². The molecule has 0 saturated heterocycles. The fraction of sp³-hybridized carbons (Fsp3) is 0.190. The molecule has 0 aliphatic rings. The molecule has 0 bridgehead atoms. The Balaban J connectivity index is 1.23. The number of hydrogen-bond donors (Lipinski definition) is 8. The van der Waals surface area contributed by atoms with E-state index in [4.69, 9.17) is 24.4 Å². The number of anilines is 6. The number of para-hydroxylation sites is 6. The van der Waals surface area contributed by atoms with Crippen molar-refractivity contribution in [1.82, 2.24) is 10.6 Å². The van der Waals surface area contributed by atoms with Crippen molar-refractivity contribution in [2.75, 3.05) is 31.9 Å². The van der Waals surface area contributed by atoms with E-state index in [1.807, 2.05) is 109 Å². The lowest BCUT2D eigenvalue weighted by atomic mass is 9.87. The van der Waals surface area contributed by atoms with E-state index in [1.165, 1.54) is 0 Å². The zero-order valence-electron chi connectivity index (χ0n) is 30.7. The summed E-state index contributed by atoms with van der Waals surface area (Å²) in [4.78, 5) is 26.5. The average molecular weight is 759 g/mol. The summed E-state index contributed by atoms with van der Waals surface area (Å²) < 4.78 is 0. The normalized spacial score (nSPS) is 10.6. The molecule has 0 aliphatic heterocycles. The number of rotatable bonds is 12. The van der Waals surface area contributed by atoms with Crippen LogP contribution in [-0.2, 0) is 13.1 Å². The van der Waals surface area contributed by atoms with Gasteiger partial charge in [0, 0.05) is 24.5 Å². The van der Waals surface area contributed by atoms with E-state index in [-0.39, 0.29) is 37.0 Å². The minimum absolute atomic E-state index is 0.210. The third-order valence-electron chi connectivity index (χ3n) is 8.43. The van der Waals surface area contributed by atoms with Crippen molar-refractivity contribution in [1.29, 1.82) is 0 Å². The molecule has 0 spiro atoms. The van der Waals surface area contributed by atoms with Gasteiger partial charge in [0.05, 0.1) is 22.7 Å². The first kappa shape index (κ1) is 39.2. The van der Waals surface area contributed by atoms with Gasteiger partial charge in [-0.1, -0.05) is 100 Å². The summed E-state index contributed by atoms with van der Waals surface area (Å²) >= 11 is 11.0. The van der Waals surface area contributed by atoms with Gasteiger partial charge in [0.2, 0.25) is 0 Å². The van der Waals surface area contributed by atoms with E-state index < -0.39 is 0 Å². The second-order valence-electron chi connectivity index (χ2n) is 13.2. The minimum Gasteiger partial charge on any atom is -0.334 e. The first-order valence-electron chi connectivity index (χ1n) is 17.7. The molecule has 0 heterocycles. The van der Waals surface area contributed by atoms with Crippen molar-refractivity contribution in [3.05, 3.63) is 144 Å². The number of carbonyl (C=O) groups excluding carboxylic acids is 2. The molecule has 5 aromatic rings. The molecule has 278 valence electrons. The molecule has 5 aromatic carbocycles. The van der Waals surface area contributed by atoms with Crippen molar-refractivity contribution in [3.8, 4) is 0 Å². The summed E-state index contributed by atoms with van der Waals surface area (Å²) in [5.41, 5.74) is 8.37. The van der Waals surface area contributed by atoms with Crippen LogP contribution >= 0.6 is 24.4 Å². The van der Waals surface area contributed by atoms with Gasteiger partial charge in [-0.3, -0.25) is 0 Å². The highest BCUT2D eigenvalue weighted by atomic mass is 32.1. The summed E-state index contributed by atoms with van der Waals surface area (Å²) in [7, 11) is 0. The lowest BCUT2D eigenvalue weighted by Crippen LogP contribution is -2.30. The van der Waals surface area contributed by atoms with Gasteiger partial charge in [-0.05, 0) is 107 Å². The average Bonchev–Trinajstić information content (AvgIpc) is 3.15. The van der Waals surface area contributed by atoms with Crippen molar-refractivity contribution >= 4 is 80.8 Å². The lowest BCUT2D eigenvalue weighted by molar-refractivity contribution is 0.251. The van der Waals surface area contributed by atoms with Crippen molar-refractivity contribution in [2.45, 2.75) is 52.6 Å². The van der Waals surface area contributed by atoms with Crippen molar-refractivity contribution in [2.24, 2.45) is 0 Å². The summed E-state index contributed by atoms with van der Waals surface area (Å²) in [6, 6.07) is 37.5. The molecule has 8 N–H and O–H groups in total. The topological polar surface area (TPSA) is 130 Å². The third kappa shape index (κ3) is 11.5. The standard InChI is InChI=1S/C42H46N8O2S2/c1-27(2)33-24-34(28(3)4)30(26-44-40(52)48-36-20-12-14-22-38(36)50-42(54)46-32-17-9-6-10-18-32)23-29(33)25-43-39(51)47-35-19-11-13-21-37(35)49-41(53)45-31-15-7-5-8-16-31/h5-24,27-28H,25-26H2,1-4H3,(H2,43,47,51)(H2,44,48,52)(H2,45,49,53)(H2,46,50,54).